The zero-order valence-corrected chi connectivity index (χ0v) is 12.9. The maximum atomic E-state index is 12.6. The van der Waals surface area contributed by atoms with E-state index < -0.39 is 0 Å². The number of para-hydroxylation sites is 1. The maximum absolute atomic E-state index is 12.6. The number of rotatable bonds is 3. The lowest BCUT2D eigenvalue weighted by atomic mass is 10.0. The first kappa shape index (κ1) is 14.3. The van der Waals surface area contributed by atoms with Crippen molar-refractivity contribution in [3.8, 4) is 22.6 Å². The molecule has 1 heterocycles. The van der Waals surface area contributed by atoms with E-state index in [2.05, 4.69) is 5.32 Å². The SMILES string of the molecule is O=C(Nc1ccccc1-c1ccccc1)c1ccc2c(c1)OCO2. The third-order valence-electron chi connectivity index (χ3n) is 3.89. The molecule has 0 spiro atoms. The predicted octanol–water partition coefficient (Wildman–Crippen LogP) is 4.33. The molecule has 4 heteroatoms. The molecule has 3 aromatic rings. The van der Waals surface area contributed by atoms with Gasteiger partial charge in [0.2, 0.25) is 6.79 Å². The van der Waals surface area contributed by atoms with Crippen LogP contribution in [0.15, 0.2) is 72.8 Å². The molecule has 0 unspecified atom stereocenters. The van der Waals surface area contributed by atoms with Gasteiger partial charge in [0.25, 0.3) is 5.91 Å². The fourth-order valence-corrected chi connectivity index (χ4v) is 2.69. The van der Waals surface area contributed by atoms with Gasteiger partial charge in [-0.3, -0.25) is 4.79 Å². The molecule has 1 aliphatic heterocycles. The van der Waals surface area contributed by atoms with E-state index >= 15 is 0 Å². The molecule has 1 aliphatic rings. The van der Waals surface area contributed by atoms with Crippen LogP contribution in [-0.4, -0.2) is 12.7 Å². The van der Waals surface area contributed by atoms with Crippen LogP contribution in [0.4, 0.5) is 5.69 Å². The van der Waals surface area contributed by atoms with Crippen LogP contribution in [0.3, 0.4) is 0 Å². The minimum atomic E-state index is -0.184. The molecule has 0 atom stereocenters. The van der Waals surface area contributed by atoms with Gasteiger partial charge in [0, 0.05) is 16.8 Å². The number of hydrogen-bond acceptors (Lipinski definition) is 3. The van der Waals surface area contributed by atoms with Crippen molar-refractivity contribution in [1.29, 1.82) is 0 Å². The molecule has 0 fully saturated rings. The van der Waals surface area contributed by atoms with E-state index in [1.807, 2.05) is 54.6 Å². The fourth-order valence-electron chi connectivity index (χ4n) is 2.69. The Morgan fingerprint density at radius 1 is 0.833 bits per heavy atom. The monoisotopic (exact) mass is 317 g/mol. The van der Waals surface area contributed by atoms with Crippen molar-refractivity contribution in [2.24, 2.45) is 0 Å². The molecule has 4 nitrogen and oxygen atoms in total. The molecule has 0 aliphatic carbocycles. The Hall–Kier alpha value is -3.27. The largest absolute Gasteiger partial charge is 0.454 e. The number of carbonyl (C=O) groups excluding carboxylic acids is 1. The topological polar surface area (TPSA) is 47.6 Å². The Balaban J connectivity index is 1.63. The van der Waals surface area contributed by atoms with E-state index in [1.54, 1.807) is 18.2 Å². The minimum Gasteiger partial charge on any atom is -0.454 e. The maximum Gasteiger partial charge on any atom is 0.255 e. The van der Waals surface area contributed by atoms with Crippen molar-refractivity contribution < 1.29 is 14.3 Å². The summed E-state index contributed by atoms with van der Waals surface area (Å²) in [6.45, 7) is 0.192. The number of amides is 1. The Labute approximate surface area is 139 Å². The highest BCUT2D eigenvalue weighted by Crippen LogP contribution is 2.33. The van der Waals surface area contributed by atoms with Crippen LogP contribution in [0.5, 0.6) is 11.5 Å². The van der Waals surface area contributed by atoms with Gasteiger partial charge in [-0.2, -0.15) is 0 Å². The molecular weight excluding hydrogens is 302 g/mol. The number of anilines is 1. The minimum absolute atomic E-state index is 0.184. The van der Waals surface area contributed by atoms with E-state index in [-0.39, 0.29) is 12.7 Å². The highest BCUT2D eigenvalue weighted by atomic mass is 16.7. The standard InChI is InChI=1S/C20H15NO3/c22-20(15-10-11-18-19(12-15)24-13-23-18)21-17-9-5-4-8-16(17)14-6-2-1-3-7-14/h1-12H,13H2,(H,21,22). The van der Waals surface area contributed by atoms with Crippen molar-refractivity contribution in [2.75, 3.05) is 12.1 Å². The Morgan fingerprint density at radius 3 is 2.46 bits per heavy atom. The van der Waals surface area contributed by atoms with Gasteiger partial charge < -0.3 is 14.8 Å². The summed E-state index contributed by atoms with van der Waals surface area (Å²) in [4.78, 5) is 12.6. The van der Waals surface area contributed by atoms with E-state index in [4.69, 9.17) is 9.47 Å². The molecule has 0 bridgehead atoms. The Bertz CT molecular complexity index is 890. The van der Waals surface area contributed by atoms with Crippen LogP contribution in [0, 0.1) is 0 Å². The van der Waals surface area contributed by atoms with Crippen LogP contribution < -0.4 is 14.8 Å². The zero-order valence-electron chi connectivity index (χ0n) is 12.9. The van der Waals surface area contributed by atoms with Gasteiger partial charge >= 0.3 is 0 Å². The first-order valence-corrected chi connectivity index (χ1v) is 7.67. The summed E-state index contributed by atoms with van der Waals surface area (Å²) >= 11 is 0. The van der Waals surface area contributed by atoms with Crippen molar-refractivity contribution >= 4 is 11.6 Å². The highest BCUT2D eigenvalue weighted by molar-refractivity contribution is 6.06. The zero-order chi connectivity index (χ0) is 16.4. The molecular formula is C20H15NO3. The number of carbonyl (C=O) groups is 1. The number of benzene rings is 3. The van der Waals surface area contributed by atoms with Gasteiger partial charge in [-0.1, -0.05) is 48.5 Å². The Kier molecular flexibility index (Phi) is 3.63. The van der Waals surface area contributed by atoms with Crippen LogP contribution in [0.1, 0.15) is 10.4 Å². The lowest BCUT2D eigenvalue weighted by Gasteiger charge is -2.11. The summed E-state index contributed by atoms with van der Waals surface area (Å²) in [7, 11) is 0. The van der Waals surface area contributed by atoms with Gasteiger partial charge in [-0.05, 0) is 29.8 Å². The second kappa shape index (κ2) is 6.08. The molecule has 1 amide bonds. The van der Waals surface area contributed by atoms with Gasteiger partial charge in [0.05, 0.1) is 0 Å². The van der Waals surface area contributed by atoms with Crippen LogP contribution in [0.2, 0.25) is 0 Å². The number of nitrogens with one attached hydrogen (secondary N) is 1. The van der Waals surface area contributed by atoms with E-state index in [9.17, 15) is 4.79 Å². The quantitative estimate of drug-likeness (QED) is 0.782. The third-order valence-corrected chi connectivity index (χ3v) is 3.89. The smallest absolute Gasteiger partial charge is 0.255 e. The summed E-state index contributed by atoms with van der Waals surface area (Å²) < 4.78 is 10.6. The van der Waals surface area contributed by atoms with Gasteiger partial charge in [0.1, 0.15) is 0 Å². The summed E-state index contributed by atoms with van der Waals surface area (Å²) in [5.74, 6) is 1.08. The lowest BCUT2D eigenvalue weighted by molar-refractivity contribution is 0.102. The van der Waals surface area contributed by atoms with Crippen molar-refractivity contribution in [3.63, 3.8) is 0 Å². The molecule has 0 saturated carbocycles. The second-order valence-corrected chi connectivity index (χ2v) is 5.43. The number of fused-ring (bicyclic) bond motifs is 1. The average Bonchev–Trinajstić information content (AvgIpc) is 3.10. The molecule has 4 rings (SSSR count). The fraction of sp³-hybridized carbons (Fsp3) is 0.0500. The lowest BCUT2D eigenvalue weighted by Crippen LogP contribution is -2.12. The van der Waals surface area contributed by atoms with Crippen molar-refractivity contribution in [3.05, 3.63) is 78.4 Å². The van der Waals surface area contributed by atoms with Gasteiger partial charge in [0.15, 0.2) is 11.5 Å². The molecule has 118 valence electrons. The van der Waals surface area contributed by atoms with Crippen LogP contribution >= 0.6 is 0 Å². The summed E-state index contributed by atoms with van der Waals surface area (Å²) in [6, 6.07) is 22.9. The van der Waals surface area contributed by atoms with Gasteiger partial charge in [-0.15, -0.1) is 0 Å². The molecule has 0 saturated heterocycles. The molecule has 1 N–H and O–H groups in total. The predicted molar refractivity (Wildman–Crippen MR) is 92.4 cm³/mol. The normalized spacial score (nSPS) is 12.0. The van der Waals surface area contributed by atoms with Crippen LogP contribution in [-0.2, 0) is 0 Å². The average molecular weight is 317 g/mol. The van der Waals surface area contributed by atoms with E-state index in [1.165, 1.54) is 0 Å². The summed E-state index contributed by atoms with van der Waals surface area (Å²) in [5, 5.41) is 2.98. The van der Waals surface area contributed by atoms with Crippen molar-refractivity contribution in [1.82, 2.24) is 0 Å². The van der Waals surface area contributed by atoms with E-state index in [0.29, 0.717) is 17.1 Å². The Morgan fingerprint density at radius 2 is 1.58 bits per heavy atom. The second-order valence-electron chi connectivity index (χ2n) is 5.43. The summed E-state index contributed by atoms with van der Waals surface area (Å²) in [6.07, 6.45) is 0. The van der Waals surface area contributed by atoms with Crippen molar-refractivity contribution in [2.45, 2.75) is 0 Å². The molecule has 3 aromatic carbocycles. The first-order chi connectivity index (χ1) is 11.8. The first-order valence-electron chi connectivity index (χ1n) is 7.67. The third kappa shape index (κ3) is 2.70. The molecule has 0 radical (unpaired) electrons. The van der Waals surface area contributed by atoms with Gasteiger partial charge in [-0.25, -0.2) is 0 Å². The number of ether oxygens (including phenoxy) is 2. The van der Waals surface area contributed by atoms with E-state index in [0.717, 1.165) is 16.8 Å². The molecule has 0 aromatic heterocycles. The van der Waals surface area contributed by atoms with Crippen LogP contribution in [0.25, 0.3) is 11.1 Å². The summed E-state index contributed by atoms with van der Waals surface area (Å²) in [5.41, 5.74) is 3.33. The molecule has 24 heavy (non-hydrogen) atoms. The highest BCUT2D eigenvalue weighted by Gasteiger charge is 2.17. The number of hydrogen-bond donors (Lipinski definition) is 1.